The number of ether oxygens (including phenoxy) is 1. The number of nitrogens with zero attached hydrogens (tertiary/aromatic N) is 2. The first-order valence-corrected chi connectivity index (χ1v) is 6.25. The Hall–Kier alpha value is -2.03. The fourth-order valence-electron chi connectivity index (χ4n) is 2.52. The summed E-state index contributed by atoms with van der Waals surface area (Å²) in [6, 6.07) is 8.44. The topological polar surface area (TPSA) is 27.1 Å². The summed E-state index contributed by atoms with van der Waals surface area (Å²) in [5, 5.41) is 3.55. The molecule has 0 spiro atoms. The van der Waals surface area contributed by atoms with Crippen LogP contribution in [0.15, 0.2) is 36.7 Å². The molecule has 0 aliphatic heterocycles. The van der Waals surface area contributed by atoms with Crippen molar-refractivity contribution < 1.29 is 4.74 Å². The zero-order valence-electron chi connectivity index (χ0n) is 10.7. The molecule has 2 heterocycles. The molecule has 0 aliphatic carbocycles. The number of hydrogen-bond acceptors (Lipinski definition) is 2. The maximum absolute atomic E-state index is 5.33. The molecule has 18 heavy (non-hydrogen) atoms. The lowest BCUT2D eigenvalue weighted by Crippen LogP contribution is -1.95. The lowest BCUT2D eigenvalue weighted by atomic mass is 10.1. The summed E-state index contributed by atoms with van der Waals surface area (Å²) in [6.45, 7) is 3.23. The van der Waals surface area contributed by atoms with Gasteiger partial charge in [-0.3, -0.25) is 0 Å². The van der Waals surface area contributed by atoms with E-state index in [9.17, 15) is 0 Å². The van der Waals surface area contributed by atoms with Gasteiger partial charge in [-0.15, -0.1) is 0 Å². The van der Waals surface area contributed by atoms with Crippen molar-refractivity contribution in [1.82, 2.24) is 9.55 Å². The quantitative estimate of drug-likeness (QED) is 0.699. The lowest BCUT2D eigenvalue weighted by Gasteiger charge is -2.08. The standard InChI is InChI=1S/C15H16N2O/c1-3-9-17-10-7-11-4-5-13-12(14(11)17)6-8-16-15(13)18-2/h4-8,10H,3,9H2,1-2H3. The van der Waals surface area contributed by atoms with Crippen molar-refractivity contribution in [2.75, 3.05) is 7.11 Å². The van der Waals surface area contributed by atoms with Crippen LogP contribution in [0.4, 0.5) is 0 Å². The van der Waals surface area contributed by atoms with Crippen LogP contribution in [0.2, 0.25) is 0 Å². The van der Waals surface area contributed by atoms with Gasteiger partial charge in [-0.1, -0.05) is 13.0 Å². The van der Waals surface area contributed by atoms with Gasteiger partial charge in [0.25, 0.3) is 0 Å². The number of rotatable bonds is 3. The SMILES string of the molecule is CCCn1ccc2ccc3c(OC)nccc3c21. The second kappa shape index (κ2) is 4.33. The Morgan fingerprint density at radius 2 is 2.06 bits per heavy atom. The second-order valence-corrected chi connectivity index (χ2v) is 4.43. The summed E-state index contributed by atoms with van der Waals surface area (Å²) < 4.78 is 7.64. The Morgan fingerprint density at radius 1 is 1.17 bits per heavy atom. The van der Waals surface area contributed by atoms with E-state index in [4.69, 9.17) is 4.74 Å². The Kier molecular flexibility index (Phi) is 2.67. The molecule has 0 saturated heterocycles. The number of methoxy groups -OCH3 is 1. The number of pyridine rings is 1. The van der Waals surface area contributed by atoms with Gasteiger partial charge in [-0.05, 0) is 24.6 Å². The van der Waals surface area contributed by atoms with Crippen LogP contribution in [0, 0.1) is 0 Å². The third-order valence-electron chi connectivity index (χ3n) is 3.29. The fraction of sp³-hybridized carbons (Fsp3) is 0.267. The Morgan fingerprint density at radius 3 is 2.83 bits per heavy atom. The smallest absolute Gasteiger partial charge is 0.221 e. The molecule has 0 fully saturated rings. The average molecular weight is 240 g/mol. The molecule has 0 amide bonds. The van der Waals surface area contributed by atoms with E-state index >= 15 is 0 Å². The van der Waals surface area contributed by atoms with Crippen LogP contribution in [0.5, 0.6) is 5.88 Å². The van der Waals surface area contributed by atoms with E-state index in [0.717, 1.165) is 18.4 Å². The van der Waals surface area contributed by atoms with Crippen LogP contribution < -0.4 is 4.74 Å². The van der Waals surface area contributed by atoms with Gasteiger partial charge in [0.15, 0.2) is 0 Å². The maximum Gasteiger partial charge on any atom is 0.221 e. The molecule has 0 atom stereocenters. The molecule has 0 N–H and O–H groups in total. The molecule has 0 aliphatic rings. The van der Waals surface area contributed by atoms with Gasteiger partial charge in [0, 0.05) is 35.1 Å². The van der Waals surface area contributed by atoms with Crippen LogP contribution in [0.1, 0.15) is 13.3 Å². The minimum absolute atomic E-state index is 0.693. The number of benzene rings is 1. The molecular formula is C15H16N2O. The van der Waals surface area contributed by atoms with Gasteiger partial charge >= 0.3 is 0 Å². The van der Waals surface area contributed by atoms with Crippen molar-refractivity contribution in [3.8, 4) is 5.88 Å². The lowest BCUT2D eigenvalue weighted by molar-refractivity contribution is 0.403. The maximum atomic E-state index is 5.33. The third-order valence-corrected chi connectivity index (χ3v) is 3.29. The highest BCUT2D eigenvalue weighted by atomic mass is 16.5. The highest BCUT2D eigenvalue weighted by Crippen LogP contribution is 2.30. The van der Waals surface area contributed by atoms with Crippen LogP contribution in [-0.4, -0.2) is 16.7 Å². The first kappa shape index (κ1) is 11.1. The second-order valence-electron chi connectivity index (χ2n) is 4.43. The normalized spacial score (nSPS) is 11.2. The van der Waals surface area contributed by atoms with Crippen molar-refractivity contribution >= 4 is 21.7 Å². The van der Waals surface area contributed by atoms with E-state index < -0.39 is 0 Å². The molecule has 3 heteroatoms. The molecule has 0 bridgehead atoms. The van der Waals surface area contributed by atoms with E-state index in [1.165, 1.54) is 16.3 Å². The van der Waals surface area contributed by atoms with E-state index in [2.05, 4.69) is 46.9 Å². The summed E-state index contributed by atoms with van der Waals surface area (Å²) in [7, 11) is 1.66. The highest BCUT2D eigenvalue weighted by molar-refractivity contribution is 6.07. The molecule has 92 valence electrons. The Labute approximate surface area is 106 Å². The van der Waals surface area contributed by atoms with Crippen molar-refractivity contribution in [1.29, 1.82) is 0 Å². The molecular weight excluding hydrogens is 224 g/mol. The molecule has 3 rings (SSSR count). The monoisotopic (exact) mass is 240 g/mol. The zero-order valence-corrected chi connectivity index (χ0v) is 10.7. The summed E-state index contributed by atoms with van der Waals surface area (Å²) in [5.41, 5.74) is 1.27. The highest BCUT2D eigenvalue weighted by Gasteiger charge is 2.09. The van der Waals surface area contributed by atoms with Crippen molar-refractivity contribution in [2.24, 2.45) is 0 Å². The molecule has 0 saturated carbocycles. The van der Waals surface area contributed by atoms with Crippen molar-refractivity contribution in [2.45, 2.75) is 19.9 Å². The number of hydrogen-bond donors (Lipinski definition) is 0. The van der Waals surface area contributed by atoms with Crippen molar-refractivity contribution in [3.05, 3.63) is 36.7 Å². The van der Waals surface area contributed by atoms with Gasteiger partial charge in [-0.25, -0.2) is 4.98 Å². The first-order valence-electron chi connectivity index (χ1n) is 6.25. The third kappa shape index (κ3) is 1.55. The van der Waals surface area contributed by atoms with Crippen LogP contribution in [0.3, 0.4) is 0 Å². The fourth-order valence-corrected chi connectivity index (χ4v) is 2.52. The van der Waals surface area contributed by atoms with E-state index in [1.807, 2.05) is 6.20 Å². The summed E-state index contributed by atoms with van der Waals surface area (Å²) in [5.74, 6) is 0.693. The predicted molar refractivity (Wildman–Crippen MR) is 74.1 cm³/mol. The summed E-state index contributed by atoms with van der Waals surface area (Å²) >= 11 is 0. The average Bonchev–Trinajstić information content (AvgIpc) is 2.82. The summed E-state index contributed by atoms with van der Waals surface area (Å²) in [6.07, 6.45) is 5.09. The Balaban J connectivity index is 2.40. The molecule has 0 unspecified atom stereocenters. The predicted octanol–water partition coefficient (Wildman–Crippen LogP) is 3.61. The minimum Gasteiger partial charge on any atom is -0.481 e. The van der Waals surface area contributed by atoms with Crippen LogP contribution >= 0.6 is 0 Å². The first-order chi connectivity index (χ1) is 8.85. The van der Waals surface area contributed by atoms with Gasteiger partial charge in [-0.2, -0.15) is 0 Å². The van der Waals surface area contributed by atoms with E-state index in [1.54, 1.807) is 7.11 Å². The zero-order chi connectivity index (χ0) is 12.5. The van der Waals surface area contributed by atoms with Gasteiger partial charge < -0.3 is 9.30 Å². The molecule has 2 aromatic heterocycles. The largest absolute Gasteiger partial charge is 0.481 e. The molecule has 0 radical (unpaired) electrons. The number of aromatic nitrogens is 2. The van der Waals surface area contributed by atoms with Gasteiger partial charge in [0.1, 0.15) is 0 Å². The molecule has 3 aromatic rings. The number of aryl methyl sites for hydroxylation is 1. The Bertz CT molecular complexity index is 700. The molecule has 3 nitrogen and oxygen atoms in total. The van der Waals surface area contributed by atoms with E-state index in [-0.39, 0.29) is 0 Å². The number of fused-ring (bicyclic) bond motifs is 3. The minimum atomic E-state index is 0.693. The van der Waals surface area contributed by atoms with E-state index in [0.29, 0.717) is 5.88 Å². The van der Waals surface area contributed by atoms with Gasteiger partial charge in [0.2, 0.25) is 5.88 Å². The summed E-state index contributed by atoms with van der Waals surface area (Å²) in [4.78, 5) is 4.26. The molecule has 1 aromatic carbocycles. The van der Waals surface area contributed by atoms with Crippen LogP contribution in [-0.2, 0) is 6.54 Å². The van der Waals surface area contributed by atoms with Crippen LogP contribution in [0.25, 0.3) is 21.7 Å². The van der Waals surface area contributed by atoms with Gasteiger partial charge in [0.05, 0.1) is 12.6 Å². The van der Waals surface area contributed by atoms with Crippen molar-refractivity contribution in [3.63, 3.8) is 0 Å².